The van der Waals surface area contributed by atoms with Crippen molar-refractivity contribution in [2.75, 3.05) is 40.9 Å². The summed E-state index contributed by atoms with van der Waals surface area (Å²) in [6, 6.07) is 4.31. The summed E-state index contributed by atoms with van der Waals surface area (Å²) >= 11 is 0. The molecule has 6 heteroatoms. The van der Waals surface area contributed by atoms with Gasteiger partial charge in [0, 0.05) is 33.7 Å². The van der Waals surface area contributed by atoms with Gasteiger partial charge in [-0.05, 0) is 68.0 Å². The van der Waals surface area contributed by atoms with Crippen molar-refractivity contribution >= 4 is 12.5 Å². The molecule has 0 aromatic heterocycles. The summed E-state index contributed by atoms with van der Waals surface area (Å²) < 4.78 is 5.13. The summed E-state index contributed by atoms with van der Waals surface area (Å²) in [5, 5.41) is 13.1. The van der Waals surface area contributed by atoms with E-state index in [1.807, 2.05) is 7.05 Å². The lowest BCUT2D eigenvalue weighted by Crippen LogP contribution is -2.53. The fraction of sp³-hybridized carbons (Fsp3) is 0.536. The Bertz CT molecular complexity index is 885. The van der Waals surface area contributed by atoms with E-state index in [1.54, 1.807) is 18.2 Å². The van der Waals surface area contributed by atoms with Gasteiger partial charge < -0.3 is 14.7 Å². The van der Waals surface area contributed by atoms with Gasteiger partial charge in [0.15, 0.2) is 0 Å². The maximum Gasteiger partial charge on any atom is 0.221 e. The third kappa shape index (κ3) is 6.81. The first-order valence-electron chi connectivity index (χ1n) is 12.2. The molecule has 0 bridgehead atoms. The van der Waals surface area contributed by atoms with Crippen LogP contribution in [0.3, 0.4) is 0 Å². The summed E-state index contributed by atoms with van der Waals surface area (Å²) in [7, 11) is 5.66. The summed E-state index contributed by atoms with van der Waals surface area (Å²) in [6.45, 7) is 11.0. The van der Waals surface area contributed by atoms with Crippen molar-refractivity contribution in [1.29, 1.82) is 0 Å². The summed E-state index contributed by atoms with van der Waals surface area (Å²) in [5.41, 5.74) is 7.84. The van der Waals surface area contributed by atoms with Gasteiger partial charge in [0.1, 0.15) is 5.76 Å². The number of nitrogens with one attached hydrogen (secondary N) is 1. The van der Waals surface area contributed by atoms with Crippen LogP contribution in [-0.2, 0) is 16.0 Å². The summed E-state index contributed by atoms with van der Waals surface area (Å²) in [5.74, 6) is 0.315. The molecule has 1 aromatic carbocycles. The Morgan fingerprint density at radius 1 is 1.21 bits per heavy atom. The zero-order valence-corrected chi connectivity index (χ0v) is 21.7. The molecule has 0 heterocycles. The molecule has 0 spiro atoms. The lowest BCUT2D eigenvalue weighted by atomic mass is 9.87. The molecule has 1 aliphatic rings. The number of hydrazine groups is 1. The highest BCUT2D eigenvalue weighted by Crippen LogP contribution is 2.40. The summed E-state index contributed by atoms with van der Waals surface area (Å²) in [6.07, 6.45) is 12.1. The van der Waals surface area contributed by atoms with Crippen LogP contribution in [0.2, 0.25) is 0 Å². The van der Waals surface area contributed by atoms with Gasteiger partial charge in [0.25, 0.3) is 0 Å². The minimum absolute atomic E-state index is 0.315. The van der Waals surface area contributed by atoms with Crippen molar-refractivity contribution in [2.45, 2.75) is 57.9 Å². The first-order chi connectivity index (χ1) is 16.3. The van der Waals surface area contributed by atoms with Crippen molar-refractivity contribution in [3.8, 4) is 0 Å². The van der Waals surface area contributed by atoms with Gasteiger partial charge in [-0.1, -0.05) is 49.8 Å². The lowest BCUT2D eigenvalue weighted by molar-refractivity contribution is -0.115. The Hall–Kier alpha value is -2.41. The molecule has 1 saturated carbocycles. The number of likely N-dealkylation sites (N-methyl/N-ethyl adjacent to an activating group) is 2. The molecule has 1 fully saturated rings. The smallest absolute Gasteiger partial charge is 0.221 e. The zero-order chi connectivity index (χ0) is 25.1. The Morgan fingerprint density at radius 2 is 1.91 bits per heavy atom. The zero-order valence-electron chi connectivity index (χ0n) is 21.7. The molecule has 6 nitrogen and oxygen atoms in total. The number of carbonyl (C=O) groups excluding carboxylic acids is 1. The monoisotopic (exact) mass is 469 g/mol. The van der Waals surface area contributed by atoms with Crippen LogP contribution in [0, 0.1) is 13.8 Å². The van der Waals surface area contributed by atoms with E-state index >= 15 is 0 Å². The standard InChI is InChI=1S/C28H43N3O3/c1-7-24(27(33)28(15-9-10-16-28)31(5)29-21-32)20-26-14-13-25(22(2)23(26)3)12-8-11-17-30(4)18-19-34-6/h7-8,12-14,21,33H,1,9-11,15-20H2,2-6H3,(H,29,32)/b12-8-,27-24+. The number of carbonyl (C=O) groups is 1. The number of ether oxygens (including phenoxy) is 1. The minimum Gasteiger partial charge on any atom is -0.510 e. The largest absolute Gasteiger partial charge is 0.510 e. The van der Waals surface area contributed by atoms with Gasteiger partial charge in [-0.3, -0.25) is 10.2 Å². The number of aliphatic hydroxyl groups is 1. The molecule has 2 rings (SSSR count). The number of hydrogen-bond donors (Lipinski definition) is 2. The number of nitrogens with zero attached hydrogens (tertiary/aromatic N) is 2. The molecule has 1 aliphatic carbocycles. The maximum atomic E-state index is 11.4. The van der Waals surface area contributed by atoms with Crippen LogP contribution in [0.25, 0.3) is 6.08 Å². The fourth-order valence-corrected chi connectivity index (χ4v) is 4.78. The average Bonchev–Trinajstić information content (AvgIpc) is 3.33. The molecule has 0 atom stereocenters. The Labute approximate surface area is 205 Å². The Morgan fingerprint density at radius 3 is 2.53 bits per heavy atom. The molecular weight excluding hydrogens is 426 g/mol. The van der Waals surface area contributed by atoms with E-state index in [2.05, 4.69) is 62.1 Å². The number of allylic oxidation sites excluding steroid dienone is 2. The maximum absolute atomic E-state index is 11.4. The van der Waals surface area contributed by atoms with Crippen molar-refractivity contribution in [1.82, 2.24) is 15.3 Å². The van der Waals surface area contributed by atoms with Gasteiger partial charge in [-0.25, -0.2) is 5.01 Å². The highest BCUT2D eigenvalue weighted by Gasteiger charge is 2.43. The van der Waals surface area contributed by atoms with E-state index < -0.39 is 5.54 Å². The van der Waals surface area contributed by atoms with E-state index in [1.165, 1.54) is 22.3 Å². The van der Waals surface area contributed by atoms with Crippen LogP contribution in [-0.4, -0.2) is 67.9 Å². The van der Waals surface area contributed by atoms with E-state index in [4.69, 9.17) is 4.74 Å². The molecule has 1 amide bonds. The van der Waals surface area contributed by atoms with Crippen molar-refractivity contribution in [3.05, 3.63) is 64.4 Å². The number of rotatable bonds is 14. The van der Waals surface area contributed by atoms with Gasteiger partial charge in [-0.2, -0.15) is 0 Å². The van der Waals surface area contributed by atoms with E-state index in [-0.39, 0.29) is 0 Å². The molecule has 0 aliphatic heterocycles. The normalized spacial score (nSPS) is 16.3. The van der Waals surface area contributed by atoms with Crippen LogP contribution in [0.1, 0.15) is 54.4 Å². The third-order valence-corrected chi connectivity index (χ3v) is 7.28. The van der Waals surface area contributed by atoms with Crippen LogP contribution in [0.4, 0.5) is 0 Å². The minimum atomic E-state index is -0.577. The topological polar surface area (TPSA) is 65.0 Å². The SMILES string of the molecule is C=C/C(Cc1ccc(/C=C\CCN(C)CCOC)c(C)c1C)=C(\O)C1(N(C)NC=O)CCCC1. The lowest BCUT2D eigenvalue weighted by Gasteiger charge is -2.38. The third-order valence-electron chi connectivity index (χ3n) is 7.28. The van der Waals surface area contributed by atoms with Gasteiger partial charge >= 0.3 is 0 Å². The van der Waals surface area contributed by atoms with E-state index in [0.29, 0.717) is 18.6 Å². The predicted molar refractivity (Wildman–Crippen MR) is 141 cm³/mol. The Balaban J connectivity index is 2.19. The van der Waals surface area contributed by atoms with Crippen LogP contribution in [0.15, 0.2) is 42.2 Å². The second-order valence-corrected chi connectivity index (χ2v) is 9.35. The number of aliphatic hydroxyl groups excluding tert-OH is 1. The quantitative estimate of drug-likeness (QED) is 0.178. The number of methoxy groups -OCH3 is 1. The average molecular weight is 470 g/mol. The molecule has 0 unspecified atom stereocenters. The molecule has 2 N–H and O–H groups in total. The number of hydrogen-bond acceptors (Lipinski definition) is 5. The Kier molecular flexibility index (Phi) is 11.0. The molecule has 0 saturated heterocycles. The molecule has 34 heavy (non-hydrogen) atoms. The van der Waals surface area contributed by atoms with Crippen molar-refractivity contribution in [2.24, 2.45) is 0 Å². The number of amides is 1. The highest BCUT2D eigenvalue weighted by atomic mass is 16.5. The molecule has 0 radical (unpaired) electrons. The summed E-state index contributed by atoms with van der Waals surface area (Å²) in [4.78, 5) is 13.3. The number of benzene rings is 1. The predicted octanol–water partition coefficient (Wildman–Crippen LogP) is 4.73. The first kappa shape index (κ1) is 27.8. The van der Waals surface area contributed by atoms with Crippen molar-refractivity contribution < 1.29 is 14.6 Å². The van der Waals surface area contributed by atoms with E-state index in [0.717, 1.165) is 57.4 Å². The van der Waals surface area contributed by atoms with E-state index in [9.17, 15) is 9.90 Å². The molecule has 188 valence electrons. The molecule has 1 aromatic rings. The fourth-order valence-electron chi connectivity index (χ4n) is 4.78. The second-order valence-electron chi connectivity index (χ2n) is 9.35. The second kappa shape index (κ2) is 13.5. The highest BCUT2D eigenvalue weighted by molar-refractivity contribution is 5.57. The van der Waals surface area contributed by atoms with Crippen molar-refractivity contribution in [3.63, 3.8) is 0 Å². The molecular formula is C28H43N3O3. The van der Waals surface area contributed by atoms with Gasteiger partial charge in [-0.15, -0.1) is 0 Å². The van der Waals surface area contributed by atoms with Crippen LogP contribution in [0.5, 0.6) is 0 Å². The van der Waals surface area contributed by atoms with Gasteiger partial charge in [0.05, 0.1) is 12.1 Å². The first-order valence-corrected chi connectivity index (χ1v) is 12.2. The van der Waals surface area contributed by atoms with Crippen LogP contribution < -0.4 is 5.43 Å². The van der Waals surface area contributed by atoms with Gasteiger partial charge in [0.2, 0.25) is 6.41 Å². The van der Waals surface area contributed by atoms with Crippen LogP contribution >= 0.6 is 0 Å².